The lowest BCUT2D eigenvalue weighted by molar-refractivity contribution is 0.0268. The molecule has 1 saturated carbocycles. The second-order valence-electron chi connectivity index (χ2n) is 4.58. The van der Waals surface area contributed by atoms with Gasteiger partial charge in [-0.25, -0.2) is 0 Å². The zero-order chi connectivity index (χ0) is 12.3. The summed E-state index contributed by atoms with van der Waals surface area (Å²) in [6.45, 7) is 0. The van der Waals surface area contributed by atoms with Gasteiger partial charge in [-0.15, -0.1) is 0 Å². The van der Waals surface area contributed by atoms with Gasteiger partial charge >= 0.3 is 0 Å². The molecule has 92 valence electrons. The summed E-state index contributed by atoms with van der Waals surface area (Å²) in [6.07, 6.45) is 6.60. The lowest BCUT2D eigenvalue weighted by atomic mass is 9.91. The Morgan fingerprint density at radius 1 is 1.47 bits per heavy atom. The van der Waals surface area contributed by atoms with Crippen molar-refractivity contribution in [3.05, 3.63) is 30.1 Å². The Kier molecular flexibility index (Phi) is 3.74. The number of hydrogen-bond acceptors (Lipinski definition) is 3. The normalized spacial score (nSPS) is 24.4. The van der Waals surface area contributed by atoms with Gasteiger partial charge in [-0.1, -0.05) is 12.8 Å². The van der Waals surface area contributed by atoms with E-state index >= 15 is 0 Å². The Labute approximate surface area is 101 Å². The number of rotatable bonds is 2. The molecule has 1 N–H and O–H groups in total. The minimum atomic E-state index is -0.394. The number of pyridine rings is 1. The van der Waals surface area contributed by atoms with E-state index in [2.05, 4.69) is 4.98 Å². The van der Waals surface area contributed by atoms with Crippen LogP contribution in [0.4, 0.5) is 0 Å². The molecule has 1 fully saturated rings. The molecular formula is C13H18N2O2. The summed E-state index contributed by atoms with van der Waals surface area (Å²) in [7, 11) is 1.76. The molecule has 2 rings (SSSR count). The number of hydrogen-bond donors (Lipinski definition) is 1. The first-order chi connectivity index (χ1) is 8.20. The molecule has 0 bridgehead atoms. The van der Waals surface area contributed by atoms with Gasteiger partial charge in [0.2, 0.25) is 0 Å². The molecule has 0 radical (unpaired) electrons. The van der Waals surface area contributed by atoms with Crippen LogP contribution in [0.25, 0.3) is 0 Å². The zero-order valence-electron chi connectivity index (χ0n) is 10.0. The van der Waals surface area contributed by atoms with Gasteiger partial charge in [-0.3, -0.25) is 9.78 Å². The first-order valence-electron chi connectivity index (χ1n) is 6.05. The van der Waals surface area contributed by atoms with Gasteiger partial charge in [0.15, 0.2) is 0 Å². The summed E-state index contributed by atoms with van der Waals surface area (Å²) in [5.41, 5.74) is 0.577. The number of aliphatic hydroxyl groups is 1. The molecule has 1 heterocycles. The van der Waals surface area contributed by atoms with E-state index in [9.17, 15) is 9.90 Å². The largest absolute Gasteiger partial charge is 0.391 e. The van der Waals surface area contributed by atoms with Crippen LogP contribution in [0.15, 0.2) is 24.5 Å². The maximum atomic E-state index is 12.2. The number of amides is 1. The van der Waals surface area contributed by atoms with Crippen LogP contribution in [0.2, 0.25) is 0 Å². The van der Waals surface area contributed by atoms with E-state index < -0.39 is 6.10 Å². The second-order valence-corrected chi connectivity index (χ2v) is 4.58. The lowest BCUT2D eigenvalue weighted by Gasteiger charge is -2.35. The minimum absolute atomic E-state index is 0.0588. The predicted octanol–water partition coefficient (Wildman–Crippen LogP) is 1.46. The zero-order valence-corrected chi connectivity index (χ0v) is 10.0. The van der Waals surface area contributed by atoms with Crippen molar-refractivity contribution >= 4 is 5.91 Å². The van der Waals surface area contributed by atoms with Gasteiger partial charge in [0.05, 0.1) is 17.7 Å². The molecule has 1 aliphatic rings. The van der Waals surface area contributed by atoms with Gasteiger partial charge in [0.25, 0.3) is 5.91 Å². The highest BCUT2D eigenvalue weighted by atomic mass is 16.3. The minimum Gasteiger partial charge on any atom is -0.391 e. The first kappa shape index (κ1) is 12.0. The fraction of sp³-hybridized carbons (Fsp3) is 0.538. The topological polar surface area (TPSA) is 53.4 Å². The second kappa shape index (κ2) is 5.27. The summed E-state index contributed by atoms with van der Waals surface area (Å²) < 4.78 is 0. The van der Waals surface area contributed by atoms with Gasteiger partial charge in [0, 0.05) is 19.4 Å². The molecule has 1 aromatic rings. The summed E-state index contributed by atoms with van der Waals surface area (Å²) in [5.74, 6) is -0.0657. The SMILES string of the molecule is CN(C(=O)c1cccnc1)C1CCCCC1O. The van der Waals surface area contributed by atoms with Gasteiger partial charge in [0.1, 0.15) is 0 Å². The number of aromatic nitrogens is 1. The van der Waals surface area contributed by atoms with Gasteiger partial charge < -0.3 is 10.0 Å². The molecule has 0 aliphatic heterocycles. The third-order valence-corrected chi connectivity index (χ3v) is 3.42. The molecule has 4 heteroatoms. The number of carbonyl (C=O) groups excluding carboxylic acids is 1. The van der Waals surface area contributed by atoms with Crippen molar-refractivity contribution in [2.75, 3.05) is 7.05 Å². The summed E-state index contributed by atoms with van der Waals surface area (Å²) in [5, 5.41) is 9.93. The Hall–Kier alpha value is -1.42. The summed E-state index contributed by atoms with van der Waals surface area (Å²) in [4.78, 5) is 17.8. The van der Waals surface area contributed by atoms with Crippen molar-refractivity contribution in [2.45, 2.75) is 37.8 Å². The molecule has 0 aromatic carbocycles. The molecule has 2 atom stereocenters. The quantitative estimate of drug-likeness (QED) is 0.842. The third kappa shape index (κ3) is 2.64. The van der Waals surface area contributed by atoms with Crippen molar-refractivity contribution in [1.29, 1.82) is 0 Å². The lowest BCUT2D eigenvalue weighted by Crippen LogP contribution is -2.46. The van der Waals surface area contributed by atoms with Gasteiger partial charge in [-0.05, 0) is 25.0 Å². The van der Waals surface area contributed by atoms with Crippen molar-refractivity contribution < 1.29 is 9.90 Å². The molecule has 0 saturated heterocycles. The average Bonchev–Trinajstić information content (AvgIpc) is 2.39. The van der Waals surface area contributed by atoms with E-state index in [4.69, 9.17) is 0 Å². The van der Waals surface area contributed by atoms with Crippen LogP contribution in [0, 0.1) is 0 Å². The molecule has 1 aromatic heterocycles. The average molecular weight is 234 g/mol. The summed E-state index contributed by atoms with van der Waals surface area (Å²) >= 11 is 0. The highest BCUT2D eigenvalue weighted by Gasteiger charge is 2.29. The number of carbonyl (C=O) groups is 1. The Balaban J connectivity index is 2.09. The first-order valence-corrected chi connectivity index (χ1v) is 6.05. The van der Waals surface area contributed by atoms with E-state index in [-0.39, 0.29) is 11.9 Å². The molecule has 2 unspecified atom stereocenters. The Morgan fingerprint density at radius 2 is 2.24 bits per heavy atom. The number of nitrogens with zero attached hydrogens (tertiary/aromatic N) is 2. The molecule has 0 spiro atoms. The van der Waals surface area contributed by atoms with Crippen LogP contribution in [-0.4, -0.2) is 40.1 Å². The van der Waals surface area contributed by atoms with Crippen LogP contribution >= 0.6 is 0 Å². The predicted molar refractivity (Wildman–Crippen MR) is 64.6 cm³/mol. The molecule has 1 amide bonds. The van der Waals surface area contributed by atoms with Crippen LogP contribution in [0.5, 0.6) is 0 Å². The summed E-state index contributed by atoms with van der Waals surface area (Å²) in [6, 6.07) is 3.44. The van der Waals surface area contributed by atoms with Crippen LogP contribution in [-0.2, 0) is 0 Å². The Bertz CT molecular complexity index is 380. The van der Waals surface area contributed by atoms with Crippen LogP contribution in [0.1, 0.15) is 36.0 Å². The van der Waals surface area contributed by atoms with Crippen LogP contribution in [0.3, 0.4) is 0 Å². The van der Waals surface area contributed by atoms with Crippen molar-refractivity contribution in [2.24, 2.45) is 0 Å². The molecule has 4 nitrogen and oxygen atoms in total. The van der Waals surface area contributed by atoms with Crippen molar-refractivity contribution in [3.8, 4) is 0 Å². The highest BCUT2D eigenvalue weighted by Crippen LogP contribution is 2.23. The Morgan fingerprint density at radius 3 is 2.88 bits per heavy atom. The fourth-order valence-electron chi connectivity index (χ4n) is 2.39. The van der Waals surface area contributed by atoms with E-state index in [1.165, 1.54) is 0 Å². The maximum absolute atomic E-state index is 12.2. The fourth-order valence-corrected chi connectivity index (χ4v) is 2.39. The van der Waals surface area contributed by atoms with Gasteiger partial charge in [-0.2, -0.15) is 0 Å². The standard InChI is InChI=1S/C13H18N2O2/c1-15(11-6-2-3-7-12(11)16)13(17)10-5-4-8-14-9-10/h4-5,8-9,11-12,16H,2-3,6-7H2,1H3. The number of aliphatic hydroxyl groups excluding tert-OH is 1. The highest BCUT2D eigenvalue weighted by molar-refractivity contribution is 5.93. The van der Waals surface area contributed by atoms with E-state index in [0.29, 0.717) is 5.56 Å². The van der Waals surface area contributed by atoms with E-state index in [1.807, 2.05) is 0 Å². The molecule has 17 heavy (non-hydrogen) atoms. The maximum Gasteiger partial charge on any atom is 0.255 e. The molecule has 1 aliphatic carbocycles. The van der Waals surface area contributed by atoms with Crippen molar-refractivity contribution in [3.63, 3.8) is 0 Å². The smallest absolute Gasteiger partial charge is 0.255 e. The number of likely N-dealkylation sites (N-methyl/N-ethyl adjacent to an activating group) is 1. The van der Waals surface area contributed by atoms with Crippen molar-refractivity contribution in [1.82, 2.24) is 9.88 Å². The van der Waals surface area contributed by atoms with E-state index in [1.54, 1.807) is 36.5 Å². The molecular weight excluding hydrogens is 216 g/mol. The van der Waals surface area contributed by atoms with Crippen LogP contribution < -0.4 is 0 Å². The monoisotopic (exact) mass is 234 g/mol. The van der Waals surface area contributed by atoms with E-state index in [0.717, 1.165) is 25.7 Å². The third-order valence-electron chi connectivity index (χ3n) is 3.42.